The van der Waals surface area contributed by atoms with Gasteiger partial charge in [0.2, 0.25) is 0 Å². The van der Waals surface area contributed by atoms with Gasteiger partial charge in [0.05, 0.1) is 19.6 Å². The van der Waals surface area contributed by atoms with Gasteiger partial charge < -0.3 is 14.6 Å². The average molecular weight is 240 g/mol. The van der Waals surface area contributed by atoms with E-state index in [0.29, 0.717) is 18.6 Å². The molecule has 0 bridgehead atoms. The Bertz CT molecular complexity index is 466. The Labute approximate surface area is 98.0 Å². The van der Waals surface area contributed by atoms with Crippen LogP contribution < -0.4 is 9.47 Å². The zero-order valence-corrected chi connectivity index (χ0v) is 9.62. The predicted octanol–water partition coefficient (Wildman–Crippen LogP) is 1.96. The minimum atomic E-state index is -1.12. The number of hydrogen-bond acceptors (Lipinski definition) is 3. The second kappa shape index (κ2) is 3.91. The van der Waals surface area contributed by atoms with Crippen LogP contribution in [0.5, 0.6) is 11.5 Å². The van der Waals surface area contributed by atoms with E-state index in [0.717, 1.165) is 0 Å². The van der Waals surface area contributed by atoms with Crippen molar-refractivity contribution in [2.45, 2.75) is 18.3 Å². The summed E-state index contributed by atoms with van der Waals surface area (Å²) in [5.74, 6) is -1.08. The Morgan fingerprint density at radius 2 is 2.00 bits per heavy atom. The van der Waals surface area contributed by atoms with E-state index in [1.807, 2.05) is 0 Å². The zero-order chi connectivity index (χ0) is 12.6. The lowest BCUT2D eigenvalue weighted by atomic mass is 9.94. The fourth-order valence-corrected chi connectivity index (χ4v) is 2.00. The molecule has 4 nitrogen and oxygen atoms in total. The third kappa shape index (κ3) is 1.71. The first-order valence-electron chi connectivity index (χ1n) is 5.20. The van der Waals surface area contributed by atoms with Crippen molar-refractivity contribution in [2.24, 2.45) is 0 Å². The topological polar surface area (TPSA) is 55.8 Å². The largest absolute Gasteiger partial charge is 0.497 e. The summed E-state index contributed by atoms with van der Waals surface area (Å²) in [4.78, 5) is 11.2. The highest BCUT2D eigenvalue weighted by molar-refractivity contribution is 5.86. The quantitative estimate of drug-likeness (QED) is 0.874. The summed E-state index contributed by atoms with van der Waals surface area (Å²) in [5, 5.41) is 9.17. The van der Waals surface area contributed by atoms with Gasteiger partial charge in [0, 0.05) is 17.7 Å². The van der Waals surface area contributed by atoms with E-state index in [4.69, 9.17) is 9.47 Å². The van der Waals surface area contributed by atoms with Crippen molar-refractivity contribution in [3.8, 4) is 11.5 Å². The van der Waals surface area contributed by atoms with E-state index in [-0.39, 0.29) is 11.3 Å². The molecule has 1 aromatic rings. The van der Waals surface area contributed by atoms with E-state index in [2.05, 4.69) is 0 Å². The van der Waals surface area contributed by atoms with E-state index in [9.17, 15) is 14.3 Å². The number of carbonyl (C=O) groups is 1. The number of benzene rings is 1. The molecule has 92 valence electrons. The highest BCUT2D eigenvalue weighted by Crippen LogP contribution is 2.53. The Morgan fingerprint density at radius 3 is 2.41 bits per heavy atom. The molecule has 0 heterocycles. The highest BCUT2D eigenvalue weighted by atomic mass is 19.1. The van der Waals surface area contributed by atoms with Crippen LogP contribution >= 0.6 is 0 Å². The number of carboxylic acid groups (broad SMARTS) is 1. The Kier molecular flexibility index (Phi) is 2.69. The molecule has 1 aliphatic carbocycles. The molecule has 1 N–H and O–H groups in total. The molecule has 1 fully saturated rings. The monoisotopic (exact) mass is 240 g/mol. The van der Waals surface area contributed by atoms with Crippen LogP contribution in [0.1, 0.15) is 18.4 Å². The van der Waals surface area contributed by atoms with Crippen LogP contribution in [0, 0.1) is 5.82 Å². The van der Waals surface area contributed by atoms with Crippen molar-refractivity contribution in [1.82, 2.24) is 0 Å². The maximum atomic E-state index is 14.0. The summed E-state index contributed by atoms with van der Waals surface area (Å²) in [6.45, 7) is 0. The first-order valence-corrected chi connectivity index (χ1v) is 5.20. The Hall–Kier alpha value is -1.78. The molecule has 0 aliphatic heterocycles. The van der Waals surface area contributed by atoms with Gasteiger partial charge in [-0.2, -0.15) is 0 Å². The second-order valence-corrected chi connectivity index (χ2v) is 4.07. The summed E-state index contributed by atoms with van der Waals surface area (Å²) in [6.07, 6.45) is 0.865. The number of ether oxygens (including phenoxy) is 2. The molecule has 2 rings (SSSR count). The maximum Gasteiger partial charge on any atom is 0.314 e. The summed E-state index contributed by atoms with van der Waals surface area (Å²) in [7, 11) is 2.80. The van der Waals surface area contributed by atoms with Crippen LogP contribution in [-0.2, 0) is 10.2 Å². The van der Waals surface area contributed by atoms with Gasteiger partial charge in [0.1, 0.15) is 17.3 Å². The third-order valence-electron chi connectivity index (χ3n) is 3.12. The summed E-state index contributed by atoms with van der Waals surface area (Å²) in [6, 6.07) is 2.68. The van der Waals surface area contributed by atoms with E-state index in [1.54, 1.807) is 0 Å². The molecule has 17 heavy (non-hydrogen) atoms. The van der Waals surface area contributed by atoms with Crippen molar-refractivity contribution < 1.29 is 23.8 Å². The number of rotatable bonds is 4. The second-order valence-electron chi connectivity index (χ2n) is 4.07. The molecular weight excluding hydrogens is 227 g/mol. The molecular formula is C12H13FO4. The number of halogens is 1. The third-order valence-corrected chi connectivity index (χ3v) is 3.12. The van der Waals surface area contributed by atoms with Gasteiger partial charge in [-0.25, -0.2) is 4.39 Å². The van der Waals surface area contributed by atoms with Crippen molar-refractivity contribution >= 4 is 5.97 Å². The zero-order valence-electron chi connectivity index (χ0n) is 9.62. The Morgan fingerprint density at radius 1 is 1.35 bits per heavy atom. The van der Waals surface area contributed by atoms with Gasteiger partial charge in [0.25, 0.3) is 0 Å². The fraction of sp³-hybridized carbons (Fsp3) is 0.417. The predicted molar refractivity (Wildman–Crippen MR) is 58.1 cm³/mol. The van der Waals surface area contributed by atoms with Crippen molar-refractivity contribution in [2.75, 3.05) is 14.2 Å². The van der Waals surface area contributed by atoms with Crippen LogP contribution in [0.25, 0.3) is 0 Å². The lowest BCUT2D eigenvalue weighted by Gasteiger charge is -2.16. The summed E-state index contributed by atoms with van der Waals surface area (Å²) >= 11 is 0. The van der Waals surface area contributed by atoms with Crippen LogP contribution in [-0.4, -0.2) is 25.3 Å². The van der Waals surface area contributed by atoms with Crippen LogP contribution in [0.15, 0.2) is 12.1 Å². The van der Waals surface area contributed by atoms with Crippen molar-refractivity contribution in [1.29, 1.82) is 0 Å². The lowest BCUT2D eigenvalue weighted by molar-refractivity contribution is -0.140. The average Bonchev–Trinajstić information content (AvgIpc) is 3.08. The molecule has 5 heteroatoms. The molecule has 0 atom stereocenters. The van der Waals surface area contributed by atoms with Gasteiger partial charge >= 0.3 is 5.97 Å². The van der Waals surface area contributed by atoms with Gasteiger partial charge in [-0.05, 0) is 12.8 Å². The molecule has 1 aliphatic rings. The van der Waals surface area contributed by atoms with Gasteiger partial charge in [-0.15, -0.1) is 0 Å². The molecule has 0 amide bonds. The fourth-order valence-electron chi connectivity index (χ4n) is 2.00. The molecule has 0 unspecified atom stereocenters. The van der Waals surface area contributed by atoms with Crippen molar-refractivity contribution in [3.05, 3.63) is 23.5 Å². The van der Waals surface area contributed by atoms with Gasteiger partial charge in [0.15, 0.2) is 0 Å². The van der Waals surface area contributed by atoms with E-state index >= 15 is 0 Å². The first kappa shape index (κ1) is 11.7. The minimum Gasteiger partial charge on any atom is -0.497 e. The van der Waals surface area contributed by atoms with E-state index in [1.165, 1.54) is 26.4 Å². The number of methoxy groups -OCH3 is 2. The highest BCUT2D eigenvalue weighted by Gasteiger charge is 2.55. The standard InChI is InChI=1S/C12H13FO4/c1-16-7-5-8(13)10(9(6-7)17-2)12(3-4-12)11(14)15/h5-6H,3-4H2,1-2H3,(H,14,15). The molecule has 0 spiro atoms. The summed E-state index contributed by atoms with van der Waals surface area (Å²) in [5.41, 5.74) is -1.00. The normalized spacial score (nSPS) is 16.4. The number of aliphatic carboxylic acids is 1. The molecule has 0 aromatic heterocycles. The molecule has 1 aromatic carbocycles. The lowest BCUT2D eigenvalue weighted by Crippen LogP contribution is -2.22. The molecule has 0 saturated heterocycles. The first-order chi connectivity index (χ1) is 8.05. The van der Waals surface area contributed by atoms with Crippen LogP contribution in [0.2, 0.25) is 0 Å². The minimum absolute atomic E-state index is 0.119. The number of carboxylic acids is 1. The number of hydrogen-bond donors (Lipinski definition) is 1. The smallest absolute Gasteiger partial charge is 0.314 e. The van der Waals surface area contributed by atoms with E-state index < -0.39 is 17.2 Å². The molecule has 0 radical (unpaired) electrons. The summed E-state index contributed by atoms with van der Waals surface area (Å²) < 4.78 is 23.9. The Balaban J connectivity index is 2.57. The van der Waals surface area contributed by atoms with Crippen LogP contribution in [0.4, 0.5) is 4.39 Å². The van der Waals surface area contributed by atoms with Crippen molar-refractivity contribution in [3.63, 3.8) is 0 Å². The molecule has 1 saturated carbocycles. The van der Waals surface area contributed by atoms with Gasteiger partial charge in [-0.1, -0.05) is 0 Å². The maximum absolute atomic E-state index is 14.0. The van der Waals surface area contributed by atoms with Crippen LogP contribution in [0.3, 0.4) is 0 Å². The van der Waals surface area contributed by atoms with Gasteiger partial charge in [-0.3, -0.25) is 4.79 Å². The SMILES string of the molecule is COc1cc(F)c(C2(C(=O)O)CC2)c(OC)c1.